The molecular formula is C12H14Cl2N2O2. The molecule has 18 heavy (non-hydrogen) atoms. The van der Waals surface area contributed by atoms with Gasteiger partial charge in [0, 0.05) is 18.8 Å². The zero-order chi connectivity index (χ0) is 13.0. The number of benzene rings is 1. The van der Waals surface area contributed by atoms with Crippen molar-refractivity contribution in [2.24, 2.45) is 0 Å². The minimum atomic E-state index is -0.274. The third-order valence-corrected chi connectivity index (χ3v) is 3.43. The van der Waals surface area contributed by atoms with Crippen molar-refractivity contribution in [1.82, 2.24) is 5.32 Å². The first-order valence-corrected chi connectivity index (χ1v) is 6.52. The number of halogens is 2. The van der Waals surface area contributed by atoms with Crippen LogP contribution in [0.5, 0.6) is 0 Å². The van der Waals surface area contributed by atoms with Crippen molar-refractivity contribution in [3.05, 3.63) is 28.2 Å². The van der Waals surface area contributed by atoms with Gasteiger partial charge in [0.2, 0.25) is 0 Å². The van der Waals surface area contributed by atoms with Crippen LogP contribution in [0.3, 0.4) is 0 Å². The summed E-state index contributed by atoms with van der Waals surface area (Å²) in [6.07, 6.45) is 2.18. The van der Waals surface area contributed by atoms with E-state index in [1.54, 1.807) is 18.2 Å². The average Bonchev–Trinajstić information content (AvgIpc) is 2.84. The molecule has 1 aromatic rings. The second-order valence-electron chi connectivity index (χ2n) is 4.10. The Hall–Kier alpha value is -0.970. The van der Waals surface area contributed by atoms with Gasteiger partial charge in [0.25, 0.3) is 0 Å². The number of anilines is 1. The zero-order valence-corrected chi connectivity index (χ0v) is 11.2. The molecule has 1 heterocycles. The lowest BCUT2D eigenvalue weighted by molar-refractivity contribution is 0.112. The SMILES string of the molecule is O=C(NCC1CCCO1)Nc1ccc(Cl)c(Cl)c1. The molecule has 1 unspecified atom stereocenters. The second-order valence-corrected chi connectivity index (χ2v) is 4.91. The average molecular weight is 289 g/mol. The molecule has 1 aliphatic heterocycles. The fraction of sp³-hybridized carbons (Fsp3) is 0.417. The van der Waals surface area contributed by atoms with Crippen LogP contribution < -0.4 is 10.6 Å². The fourth-order valence-electron chi connectivity index (χ4n) is 1.76. The lowest BCUT2D eigenvalue weighted by Crippen LogP contribution is -2.35. The van der Waals surface area contributed by atoms with Crippen LogP contribution in [0.15, 0.2) is 18.2 Å². The maximum absolute atomic E-state index is 11.6. The van der Waals surface area contributed by atoms with Crippen LogP contribution >= 0.6 is 23.2 Å². The van der Waals surface area contributed by atoms with E-state index in [-0.39, 0.29) is 12.1 Å². The molecule has 4 nitrogen and oxygen atoms in total. The number of urea groups is 1. The predicted octanol–water partition coefficient (Wildman–Crippen LogP) is 3.29. The first kappa shape index (κ1) is 13.5. The van der Waals surface area contributed by atoms with Crippen LogP contribution in [-0.2, 0) is 4.74 Å². The summed E-state index contributed by atoms with van der Waals surface area (Å²) in [4.78, 5) is 11.6. The third-order valence-electron chi connectivity index (χ3n) is 2.69. The van der Waals surface area contributed by atoms with Crippen molar-refractivity contribution in [3.63, 3.8) is 0 Å². The Morgan fingerprint density at radius 1 is 1.39 bits per heavy atom. The quantitative estimate of drug-likeness (QED) is 0.897. The zero-order valence-electron chi connectivity index (χ0n) is 9.71. The molecule has 2 rings (SSSR count). The molecule has 0 saturated carbocycles. The van der Waals surface area contributed by atoms with Gasteiger partial charge in [0.05, 0.1) is 16.1 Å². The van der Waals surface area contributed by atoms with Crippen LogP contribution in [-0.4, -0.2) is 25.3 Å². The second kappa shape index (κ2) is 6.27. The van der Waals surface area contributed by atoms with E-state index >= 15 is 0 Å². The Kier molecular flexibility index (Phi) is 4.69. The van der Waals surface area contributed by atoms with Gasteiger partial charge in [-0.2, -0.15) is 0 Å². The molecule has 2 amide bonds. The van der Waals surface area contributed by atoms with Crippen molar-refractivity contribution < 1.29 is 9.53 Å². The van der Waals surface area contributed by atoms with E-state index in [2.05, 4.69) is 10.6 Å². The summed E-state index contributed by atoms with van der Waals surface area (Å²) in [6, 6.07) is 4.67. The normalized spacial score (nSPS) is 18.7. The van der Waals surface area contributed by atoms with E-state index in [9.17, 15) is 4.79 Å². The summed E-state index contributed by atoms with van der Waals surface area (Å²) in [5.74, 6) is 0. The highest BCUT2D eigenvalue weighted by Gasteiger charge is 2.16. The molecule has 0 bridgehead atoms. The number of carbonyl (C=O) groups is 1. The number of hydrogen-bond acceptors (Lipinski definition) is 2. The Morgan fingerprint density at radius 3 is 2.89 bits per heavy atom. The molecule has 1 aliphatic rings. The smallest absolute Gasteiger partial charge is 0.319 e. The lowest BCUT2D eigenvalue weighted by Gasteiger charge is -2.12. The maximum atomic E-state index is 11.6. The number of carbonyl (C=O) groups excluding carboxylic acids is 1. The van der Waals surface area contributed by atoms with E-state index in [0.29, 0.717) is 22.3 Å². The van der Waals surface area contributed by atoms with Gasteiger partial charge in [-0.1, -0.05) is 23.2 Å². The van der Waals surface area contributed by atoms with Gasteiger partial charge in [0.1, 0.15) is 0 Å². The van der Waals surface area contributed by atoms with Gasteiger partial charge in [-0.15, -0.1) is 0 Å². The summed E-state index contributed by atoms with van der Waals surface area (Å²) in [5, 5.41) is 6.31. The van der Waals surface area contributed by atoms with Crippen molar-refractivity contribution >= 4 is 34.9 Å². The van der Waals surface area contributed by atoms with Crippen molar-refractivity contribution in [3.8, 4) is 0 Å². The molecule has 1 saturated heterocycles. The number of hydrogen-bond donors (Lipinski definition) is 2. The Balaban J connectivity index is 1.80. The van der Waals surface area contributed by atoms with Gasteiger partial charge in [-0.05, 0) is 31.0 Å². The van der Waals surface area contributed by atoms with Crippen molar-refractivity contribution in [2.75, 3.05) is 18.5 Å². The minimum Gasteiger partial charge on any atom is -0.376 e. The highest BCUT2D eigenvalue weighted by molar-refractivity contribution is 6.42. The number of ether oxygens (including phenoxy) is 1. The highest BCUT2D eigenvalue weighted by atomic mass is 35.5. The molecule has 2 N–H and O–H groups in total. The molecule has 0 aliphatic carbocycles. The van der Waals surface area contributed by atoms with E-state index in [1.165, 1.54) is 0 Å². The molecule has 6 heteroatoms. The Morgan fingerprint density at radius 2 is 2.22 bits per heavy atom. The summed E-state index contributed by atoms with van der Waals surface area (Å²) in [6.45, 7) is 1.30. The van der Waals surface area contributed by atoms with Gasteiger partial charge in [-0.25, -0.2) is 4.79 Å². The number of nitrogens with one attached hydrogen (secondary N) is 2. The molecule has 0 spiro atoms. The van der Waals surface area contributed by atoms with E-state index in [1.807, 2.05) is 0 Å². The van der Waals surface area contributed by atoms with Crippen LogP contribution in [0, 0.1) is 0 Å². The van der Waals surface area contributed by atoms with Gasteiger partial charge < -0.3 is 15.4 Å². The molecule has 0 aromatic heterocycles. The van der Waals surface area contributed by atoms with Gasteiger partial charge in [0.15, 0.2) is 0 Å². The molecule has 1 aromatic carbocycles. The standard InChI is InChI=1S/C12H14Cl2N2O2/c13-10-4-3-8(6-11(10)14)16-12(17)15-7-9-2-1-5-18-9/h3-4,6,9H,1-2,5,7H2,(H2,15,16,17). The minimum absolute atomic E-state index is 0.129. The number of amides is 2. The van der Waals surface area contributed by atoms with Crippen molar-refractivity contribution in [1.29, 1.82) is 0 Å². The lowest BCUT2D eigenvalue weighted by atomic mass is 10.2. The van der Waals surface area contributed by atoms with Gasteiger partial charge in [-0.3, -0.25) is 0 Å². The molecule has 98 valence electrons. The van der Waals surface area contributed by atoms with E-state index in [0.717, 1.165) is 19.4 Å². The summed E-state index contributed by atoms with van der Waals surface area (Å²) < 4.78 is 5.41. The van der Waals surface area contributed by atoms with Gasteiger partial charge >= 0.3 is 6.03 Å². The van der Waals surface area contributed by atoms with E-state index < -0.39 is 0 Å². The van der Waals surface area contributed by atoms with Crippen molar-refractivity contribution in [2.45, 2.75) is 18.9 Å². The monoisotopic (exact) mass is 288 g/mol. The summed E-state index contributed by atoms with van der Waals surface area (Å²) >= 11 is 11.6. The fourth-order valence-corrected chi connectivity index (χ4v) is 2.06. The maximum Gasteiger partial charge on any atom is 0.319 e. The van der Waals surface area contributed by atoms with E-state index in [4.69, 9.17) is 27.9 Å². The van der Waals surface area contributed by atoms with Crippen LogP contribution in [0.1, 0.15) is 12.8 Å². The first-order chi connectivity index (χ1) is 8.65. The molecule has 0 radical (unpaired) electrons. The molecular weight excluding hydrogens is 275 g/mol. The summed E-state index contributed by atoms with van der Waals surface area (Å²) in [5.41, 5.74) is 0.606. The molecule has 1 atom stereocenters. The Labute approximate surface area is 116 Å². The number of rotatable bonds is 3. The predicted molar refractivity (Wildman–Crippen MR) is 72.5 cm³/mol. The largest absolute Gasteiger partial charge is 0.376 e. The topological polar surface area (TPSA) is 50.4 Å². The highest BCUT2D eigenvalue weighted by Crippen LogP contribution is 2.24. The summed E-state index contributed by atoms with van der Waals surface area (Å²) in [7, 11) is 0. The molecule has 1 fully saturated rings. The third kappa shape index (κ3) is 3.77. The van der Waals surface area contributed by atoms with Crippen LogP contribution in [0.4, 0.5) is 10.5 Å². The first-order valence-electron chi connectivity index (χ1n) is 5.76. The Bertz CT molecular complexity index is 434. The van der Waals surface area contributed by atoms with Crippen LogP contribution in [0.25, 0.3) is 0 Å². The van der Waals surface area contributed by atoms with Crippen LogP contribution in [0.2, 0.25) is 10.0 Å².